The predicted octanol–water partition coefficient (Wildman–Crippen LogP) is 3.59. The molecule has 1 aliphatic carbocycles. The molecule has 1 aromatic carbocycles. The molecule has 0 unspecified atom stereocenters. The second-order valence-electron chi connectivity index (χ2n) is 5.90. The second-order valence-corrected chi connectivity index (χ2v) is 6.31. The Bertz CT molecular complexity index is 722. The monoisotopic (exact) mass is 347 g/mol. The molecule has 24 heavy (non-hydrogen) atoms. The minimum absolute atomic E-state index is 0.326. The summed E-state index contributed by atoms with van der Waals surface area (Å²) in [5, 5.41) is 8.14. The third-order valence-corrected chi connectivity index (χ3v) is 4.49. The molecule has 0 radical (unpaired) electrons. The van der Waals surface area contributed by atoms with E-state index in [1.165, 1.54) is 25.7 Å². The molecule has 1 heterocycles. The lowest BCUT2D eigenvalue weighted by molar-refractivity contribution is 0.415. The standard InChI is InChI=1S/C17H22ClN5O/c1-24-16-7-6-12(10-15(16)18)21-17(19)20-11-13-8-9-23(22-13)14-4-2-3-5-14/h6-10,14H,2-5,11H2,1H3,(H3,19,20,21). The molecule has 1 fully saturated rings. The Morgan fingerprint density at radius 2 is 2.21 bits per heavy atom. The molecule has 0 aliphatic heterocycles. The van der Waals surface area contributed by atoms with Gasteiger partial charge in [-0.15, -0.1) is 0 Å². The number of nitrogens with one attached hydrogen (secondary N) is 1. The van der Waals surface area contributed by atoms with Crippen LogP contribution in [0.3, 0.4) is 0 Å². The third kappa shape index (κ3) is 4.00. The fourth-order valence-corrected chi connectivity index (χ4v) is 3.19. The number of hydrogen-bond donors (Lipinski definition) is 2. The van der Waals surface area contributed by atoms with Gasteiger partial charge in [-0.2, -0.15) is 5.10 Å². The van der Waals surface area contributed by atoms with Crippen molar-refractivity contribution in [3.05, 3.63) is 41.2 Å². The number of guanidine groups is 1. The van der Waals surface area contributed by atoms with Gasteiger partial charge in [-0.05, 0) is 37.1 Å². The van der Waals surface area contributed by atoms with Crippen LogP contribution in [0.1, 0.15) is 37.4 Å². The zero-order chi connectivity index (χ0) is 16.9. The van der Waals surface area contributed by atoms with Crippen molar-refractivity contribution in [1.82, 2.24) is 9.78 Å². The van der Waals surface area contributed by atoms with Gasteiger partial charge in [0.2, 0.25) is 0 Å². The molecule has 0 saturated heterocycles. The highest BCUT2D eigenvalue weighted by molar-refractivity contribution is 6.32. The first-order valence-corrected chi connectivity index (χ1v) is 8.48. The molecule has 2 aromatic rings. The molecule has 0 bridgehead atoms. The second kappa shape index (κ2) is 7.57. The molecular formula is C17H22ClN5O. The number of anilines is 1. The molecule has 7 heteroatoms. The number of aliphatic imine (C=N–C) groups is 1. The number of nitrogens with two attached hydrogens (primary N) is 1. The molecule has 0 amide bonds. The zero-order valence-electron chi connectivity index (χ0n) is 13.7. The number of benzene rings is 1. The van der Waals surface area contributed by atoms with Gasteiger partial charge in [0.05, 0.1) is 30.4 Å². The van der Waals surface area contributed by atoms with E-state index in [2.05, 4.69) is 20.1 Å². The SMILES string of the molecule is COc1ccc(NC(N)=NCc2ccn(C3CCCC3)n2)cc1Cl. The minimum Gasteiger partial charge on any atom is -0.495 e. The van der Waals surface area contributed by atoms with Crippen LogP contribution in [-0.2, 0) is 6.54 Å². The van der Waals surface area contributed by atoms with E-state index in [0.717, 1.165) is 11.4 Å². The summed E-state index contributed by atoms with van der Waals surface area (Å²) in [7, 11) is 1.58. The number of ether oxygens (including phenoxy) is 1. The molecule has 1 aromatic heterocycles. The van der Waals surface area contributed by atoms with Crippen molar-refractivity contribution in [2.24, 2.45) is 10.7 Å². The molecule has 1 saturated carbocycles. The van der Waals surface area contributed by atoms with Gasteiger partial charge in [0.1, 0.15) is 5.75 Å². The Balaban J connectivity index is 1.59. The highest BCUT2D eigenvalue weighted by Gasteiger charge is 2.17. The normalized spacial score (nSPS) is 15.7. The van der Waals surface area contributed by atoms with E-state index in [0.29, 0.717) is 29.3 Å². The Morgan fingerprint density at radius 3 is 2.92 bits per heavy atom. The summed E-state index contributed by atoms with van der Waals surface area (Å²) < 4.78 is 7.18. The van der Waals surface area contributed by atoms with Crippen LogP contribution in [0.2, 0.25) is 5.02 Å². The molecule has 0 atom stereocenters. The quantitative estimate of drug-likeness (QED) is 0.640. The van der Waals surface area contributed by atoms with E-state index in [1.807, 2.05) is 18.3 Å². The van der Waals surface area contributed by atoms with Crippen molar-refractivity contribution >= 4 is 23.2 Å². The van der Waals surface area contributed by atoms with Crippen LogP contribution in [0.15, 0.2) is 35.5 Å². The van der Waals surface area contributed by atoms with Gasteiger partial charge in [0.15, 0.2) is 5.96 Å². The lowest BCUT2D eigenvalue weighted by Gasteiger charge is -2.09. The van der Waals surface area contributed by atoms with E-state index in [4.69, 9.17) is 22.1 Å². The predicted molar refractivity (Wildman–Crippen MR) is 96.7 cm³/mol. The number of hydrogen-bond acceptors (Lipinski definition) is 3. The minimum atomic E-state index is 0.326. The van der Waals surface area contributed by atoms with Crippen LogP contribution >= 0.6 is 11.6 Å². The molecule has 3 N–H and O–H groups in total. The summed E-state index contributed by atoms with van der Waals surface area (Å²) in [4.78, 5) is 4.34. The van der Waals surface area contributed by atoms with Crippen molar-refractivity contribution < 1.29 is 4.74 Å². The molecule has 6 nitrogen and oxygen atoms in total. The van der Waals surface area contributed by atoms with Crippen LogP contribution in [-0.4, -0.2) is 22.8 Å². The first-order chi connectivity index (χ1) is 11.7. The molecular weight excluding hydrogens is 326 g/mol. The maximum atomic E-state index is 6.09. The summed E-state index contributed by atoms with van der Waals surface area (Å²) in [5.41, 5.74) is 7.61. The highest BCUT2D eigenvalue weighted by Crippen LogP contribution is 2.29. The number of rotatable bonds is 5. The Hall–Kier alpha value is -2.21. The molecule has 3 rings (SSSR count). The van der Waals surface area contributed by atoms with Crippen molar-refractivity contribution in [2.75, 3.05) is 12.4 Å². The summed E-state index contributed by atoms with van der Waals surface area (Å²) >= 11 is 6.09. The van der Waals surface area contributed by atoms with Gasteiger partial charge in [0, 0.05) is 11.9 Å². The fourth-order valence-electron chi connectivity index (χ4n) is 2.93. The summed E-state index contributed by atoms with van der Waals surface area (Å²) in [6.07, 6.45) is 7.05. The van der Waals surface area contributed by atoms with Crippen LogP contribution in [0.4, 0.5) is 5.69 Å². The van der Waals surface area contributed by atoms with Crippen molar-refractivity contribution in [1.29, 1.82) is 0 Å². The number of methoxy groups -OCH3 is 1. The summed E-state index contributed by atoms with van der Waals surface area (Å²) in [6, 6.07) is 7.90. The van der Waals surface area contributed by atoms with E-state index < -0.39 is 0 Å². The van der Waals surface area contributed by atoms with Gasteiger partial charge >= 0.3 is 0 Å². The number of aromatic nitrogens is 2. The lowest BCUT2D eigenvalue weighted by Crippen LogP contribution is -2.22. The van der Waals surface area contributed by atoms with Crippen LogP contribution < -0.4 is 15.8 Å². The Morgan fingerprint density at radius 1 is 1.42 bits per heavy atom. The largest absolute Gasteiger partial charge is 0.495 e. The van der Waals surface area contributed by atoms with E-state index >= 15 is 0 Å². The van der Waals surface area contributed by atoms with Crippen LogP contribution in [0.25, 0.3) is 0 Å². The van der Waals surface area contributed by atoms with Gasteiger partial charge in [0.25, 0.3) is 0 Å². The highest BCUT2D eigenvalue weighted by atomic mass is 35.5. The first kappa shape index (κ1) is 16.6. The van der Waals surface area contributed by atoms with Gasteiger partial charge in [-0.3, -0.25) is 4.68 Å². The van der Waals surface area contributed by atoms with Crippen molar-refractivity contribution in [2.45, 2.75) is 38.3 Å². The maximum Gasteiger partial charge on any atom is 0.193 e. The van der Waals surface area contributed by atoms with E-state index in [9.17, 15) is 0 Å². The fraction of sp³-hybridized carbons (Fsp3) is 0.412. The van der Waals surface area contributed by atoms with Crippen molar-refractivity contribution in [3.8, 4) is 5.75 Å². The van der Waals surface area contributed by atoms with E-state index in [-0.39, 0.29) is 0 Å². The maximum absolute atomic E-state index is 6.09. The smallest absolute Gasteiger partial charge is 0.193 e. The Kier molecular flexibility index (Phi) is 5.25. The van der Waals surface area contributed by atoms with Crippen LogP contribution in [0.5, 0.6) is 5.75 Å². The number of halogens is 1. The average Bonchev–Trinajstić information content (AvgIpc) is 3.24. The zero-order valence-corrected chi connectivity index (χ0v) is 14.5. The van der Waals surface area contributed by atoms with Gasteiger partial charge < -0.3 is 15.8 Å². The molecule has 128 valence electrons. The lowest BCUT2D eigenvalue weighted by atomic mass is 10.3. The Labute approximate surface area is 146 Å². The van der Waals surface area contributed by atoms with Crippen LogP contribution in [0, 0.1) is 0 Å². The third-order valence-electron chi connectivity index (χ3n) is 4.20. The topological polar surface area (TPSA) is 77.5 Å². The summed E-state index contributed by atoms with van der Waals surface area (Å²) in [6.45, 7) is 0.447. The molecule has 1 aliphatic rings. The van der Waals surface area contributed by atoms with Gasteiger partial charge in [-0.25, -0.2) is 4.99 Å². The van der Waals surface area contributed by atoms with E-state index in [1.54, 1.807) is 19.2 Å². The van der Waals surface area contributed by atoms with Gasteiger partial charge in [-0.1, -0.05) is 24.4 Å². The summed E-state index contributed by atoms with van der Waals surface area (Å²) in [5.74, 6) is 0.946. The average molecular weight is 348 g/mol. The first-order valence-electron chi connectivity index (χ1n) is 8.10. The molecule has 0 spiro atoms. The number of nitrogens with zero attached hydrogens (tertiary/aromatic N) is 3. The van der Waals surface area contributed by atoms with Crippen molar-refractivity contribution in [3.63, 3.8) is 0 Å².